The van der Waals surface area contributed by atoms with Gasteiger partial charge in [-0.1, -0.05) is 29.3 Å². The maximum atomic E-state index is 10.3. The van der Waals surface area contributed by atoms with E-state index in [0.717, 1.165) is 15.6 Å². The Morgan fingerprint density at radius 2 is 1.95 bits per heavy atom. The predicted octanol–water partition coefficient (Wildman–Crippen LogP) is 5.31. The van der Waals surface area contributed by atoms with E-state index in [9.17, 15) is 5.11 Å². The van der Waals surface area contributed by atoms with Gasteiger partial charge in [0.1, 0.15) is 11.9 Å². The second-order valence-electron chi connectivity index (χ2n) is 4.71. The van der Waals surface area contributed by atoms with E-state index in [2.05, 4.69) is 15.9 Å². The SMILES string of the molecule is O[C@@H]1CC(c2ccc(Br)c(Cl)c2)Oc2ccc(Cl)cc21. The van der Waals surface area contributed by atoms with Gasteiger partial charge < -0.3 is 9.84 Å². The highest BCUT2D eigenvalue weighted by atomic mass is 79.9. The molecule has 0 spiro atoms. The van der Waals surface area contributed by atoms with Crippen LogP contribution in [0, 0.1) is 0 Å². The molecule has 2 atom stereocenters. The third kappa shape index (κ3) is 2.68. The number of hydrogen-bond donors (Lipinski definition) is 1. The summed E-state index contributed by atoms with van der Waals surface area (Å²) in [7, 11) is 0. The average Bonchev–Trinajstić information content (AvgIpc) is 2.42. The molecule has 20 heavy (non-hydrogen) atoms. The fraction of sp³-hybridized carbons (Fsp3) is 0.200. The summed E-state index contributed by atoms with van der Waals surface area (Å²) in [6, 6.07) is 11.0. The molecule has 1 heterocycles. The summed E-state index contributed by atoms with van der Waals surface area (Å²) in [4.78, 5) is 0. The molecule has 3 rings (SSSR count). The highest BCUT2D eigenvalue weighted by Gasteiger charge is 2.28. The Kier molecular flexibility index (Phi) is 3.95. The largest absolute Gasteiger partial charge is 0.485 e. The standard InChI is InChI=1S/C15H11BrCl2O2/c16-11-3-1-8(5-12(11)18)15-7-13(19)10-6-9(17)2-4-14(10)20-15/h1-6,13,15,19H,7H2/t13-,15?/m1/s1. The molecule has 0 saturated heterocycles. The fourth-order valence-electron chi connectivity index (χ4n) is 2.33. The predicted molar refractivity (Wildman–Crippen MR) is 83.5 cm³/mol. The van der Waals surface area contributed by atoms with Crippen LogP contribution in [-0.4, -0.2) is 5.11 Å². The second-order valence-corrected chi connectivity index (χ2v) is 6.41. The first-order chi connectivity index (χ1) is 9.54. The summed E-state index contributed by atoms with van der Waals surface area (Å²) < 4.78 is 6.78. The van der Waals surface area contributed by atoms with Crippen molar-refractivity contribution < 1.29 is 9.84 Å². The second kappa shape index (κ2) is 5.57. The Bertz CT molecular complexity index is 660. The molecule has 5 heteroatoms. The molecule has 0 bridgehead atoms. The molecule has 0 aromatic heterocycles. The van der Waals surface area contributed by atoms with Crippen molar-refractivity contribution in [2.45, 2.75) is 18.6 Å². The van der Waals surface area contributed by atoms with E-state index >= 15 is 0 Å². The number of benzene rings is 2. The van der Waals surface area contributed by atoms with Crippen molar-refractivity contribution in [2.75, 3.05) is 0 Å². The maximum absolute atomic E-state index is 10.3. The first kappa shape index (κ1) is 14.2. The number of aliphatic hydroxyl groups is 1. The number of fused-ring (bicyclic) bond motifs is 1. The van der Waals surface area contributed by atoms with Gasteiger partial charge in [-0.15, -0.1) is 0 Å². The van der Waals surface area contributed by atoms with Gasteiger partial charge in [0.15, 0.2) is 0 Å². The van der Waals surface area contributed by atoms with Gasteiger partial charge in [0.25, 0.3) is 0 Å². The zero-order valence-electron chi connectivity index (χ0n) is 10.3. The molecule has 0 aliphatic carbocycles. The third-order valence-corrected chi connectivity index (χ3v) is 4.82. The van der Waals surface area contributed by atoms with Crippen LogP contribution in [-0.2, 0) is 0 Å². The van der Waals surface area contributed by atoms with Crippen LogP contribution in [0.15, 0.2) is 40.9 Å². The Labute approximate surface area is 135 Å². The van der Waals surface area contributed by atoms with Crippen molar-refractivity contribution in [3.8, 4) is 5.75 Å². The summed E-state index contributed by atoms with van der Waals surface area (Å²) in [5.74, 6) is 0.664. The molecule has 2 aromatic rings. The Morgan fingerprint density at radius 1 is 1.15 bits per heavy atom. The van der Waals surface area contributed by atoms with E-state index in [1.165, 1.54) is 0 Å². The van der Waals surface area contributed by atoms with Gasteiger partial charge in [0.05, 0.1) is 11.1 Å². The normalized spacial score (nSPS) is 21.2. The van der Waals surface area contributed by atoms with Crippen molar-refractivity contribution in [1.82, 2.24) is 0 Å². The van der Waals surface area contributed by atoms with Crippen molar-refractivity contribution in [1.29, 1.82) is 0 Å². The molecule has 0 saturated carbocycles. The Morgan fingerprint density at radius 3 is 2.70 bits per heavy atom. The Balaban J connectivity index is 1.94. The van der Waals surface area contributed by atoms with Gasteiger partial charge in [-0.25, -0.2) is 0 Å². The van der Waals surface area contributed by atoms with Crippen molar-refractivity contribution in [2.24, 2.45) is 0 Å². The number of hydrogen-bond acceptors (Lipinski definition) is 2. The minimum Gasteiger partial charge on any atom is -0.485 e. The van der Waals surface area contributed by atoms with Crippen LogP contribution in [0.3, 0.4) is 0 Å². The first-order valence-electron chi connectivity index (χ1n) is 6.13. The average molecular weight is 374 g/mol. The van der Waals surface area contributed by atoms with Crippen LogP contribution in [0.25, 0.3) is 0 Å². The number of ether oxygens (including phenoxy) is 1. The van der Waals surface area contributed by atoms with E-state index in [-0.39, 0.29) is 6.10 Å². The fourth-order valence-corrected chi connectivity index (χ4v) is 2.95. The van der Waals surface area contributed by atoms with E-state index < -0.39 is 6.10 Å². The molecular formula is C15H11BrCl2O2. The van der Waals surface area contributed by atoms with E-state index in [4.69, 9.17) is 27.9 Å². The minimum atomic E-state index is -0.593. The lowest BCUT2D eigenvalue weighted by Gasteiger charge is -2.30. The zero-order chi connectivity index (χ0) is 14.3. The molecule has 0 fully saturated rings. The number of aliphatic hydroxyl groups excluding tert-OH is 1. The van der Waals surface area contributed by atoms with Gasteiger partial charge in [0.2, 0.25) is 0 Å². The van der Waals surface area contributed by atoms with Crippen LogP contribution in [0.4, 0.5) is 0 Å². The van der Waals surface area contributed by atoms with Crippen molar-refractivity contribution >= 4 is 39.1 Å². The third-order valence-electron chi connectivity index (χ3n) is 3.35. The number of rotatable bonds is 1. The van der Waals surface area contributed by atoms with Crippen LogP contribution in [0.5, 0.6) is 5.75 Å². The molecule has 1 aliphatic heterocycles. The molecule has 1 aliphatic rings. The Hall–Kier alpha value is -0.740. The van der Waals surface area contributed by atoms with Crippen LogP contribution in [0.2, 0.25) is 10.0 Å². The van der Waals surface area contributed by atoms with Gasteiger partial charge >= 0.3 is 0 Å². The van der Waals surface area contributed by atoms with Gasteiger partial charge in [0, 0.05) is 21.5 Å². The lowest BCUT2D eigenvalue weighted by atomic mass is 9.95. The molecule has 0 radical (unpaired) electrons. The van der Waals surface area contributed by atoms with E-state index in [0.29, 0.717) is 22.2 Å². The molecule has 2 aromatic carbocycles. The van der Waals surface area contributed by atoms with Crippen molar-refractivity contribution in [3.05, 3.63) is 62.0 Å². The zero-order valence-corrected chi connectivity index (χ0v) is 13.4. The van der Waals surface area contributed by atoms with Gasteiger partial charge in [-0.2, -0.15) is 0 Å². The summed E-state index contributed by atoms with van der Waals surface area (Å²) in [5, 5.41) is 11.5. The van der Waals surface area contributed by atoms with Crippen LogP contribution < -0.4 is 4.74 Å². The number of halogens is 3. The minimum absolute atomic E-state index is 0.218. The molecular weight excluding hydrogens is 363 g/mol. The molecule has 104 valence electrons. The summed E-state index contributed by atoms with van der Waals surface area (Å²) in [6.07, 6.45) is -0.333. The lowest BCUT2D eigenvalue weighted by molar-refractivity contribution is 0.0657. The summed E-state index contributed by atoms with van der Waals surface area (Å²) in [5.41, 5.74) is 1.68. The maximum Gasteiger partial charge on any atom is 0.127 e. The van der Waals surface area contributed by atoms with E-state index in [1.807, 2.05) is 18.2 Å². The van der Waals surface area contributed by atoms with E-state index in [1.54, 1.807) is 18.2 Å². The summed E-state index contributed by atoms with van der Waals surface area (Å²) in [6.45, 7) is 0. The molecule has 1 unspecified atom stereocenters. The molecule has 1 N–H and O–H groups in total. The first-order valence-corrected chi connectivity index (χ1v) is 7.68. The van der Waals surface area contributed by atoms with Crippen molar-refractivity contribution in [3.63, 3.8) is 0 Å². The summed E-state index contributed by atoms with van der Waals surface area (Å²) >= 11 is 15.4. The quantitative estimate of drug-likeness (QED) is 0.733. The van der Waals surface area contributed by atoms with Gasteiger partial charge in [-0.3, -0.25) is 0 Å². The lowest BCUT2D eigenvalue weighted by Crippen LogP contribution is -2.19. The highest BCUT2D eigenvalue weighted by Crippen LogP contribution is 2.42. The van der Waals surface area contributed by atoms with Crippen LogP contribution >= 0.6 is 39.1 Å². The van der Waals surface area contributed by atoms with Crippen LogP contribution in [0.1, 0.15) is 29.8 Å². The topological polar surface area (TPSA) is 29.5 Å². The molecule has 2 nitrogen and oxygen atoms in total. The van der Waals surface area contributed by atoms with Gasteiger partial charge in [-0.05, 0) is 51.8 Å². The molecule has 0 amide bonds. The smallest absolute Gasteiger partial charge is 0.127 e. The monoisotopic (exact) mass is 372 g/mol. The highest BCUT2D eigenvalue weighted by molar-refractivity contribution is 9.10.